The van der Waals surface area contributed by atoms with Gasteiger partial charge in [0.25, 0.3) is 0 Å². The molecule has 2 atom stereocenters. The molecule has 1 aliphatic heterocycles. The molecule has 2 N–H and O–H groups in total. The summed E-state index contributed by atoms with van der Waals surface area (Å²) >= 11 is 5.82. The number of hydrogen-bond acceptors (Lipinski definition) is 5. The van der Waals surface area contributed by atoms with Crippen LogP contribution in [0.3, 0.4) is 0 Å². The molecule has 0 bridgehead atoms. The summed E-state index contributed by atoms with van der Waals surface area (Å²) in [6.07, 6.45) is 4.10. The second-order valence-corrected chi connectivity index (χ2v) is 9.92. The van der Waals surface area contributed by atoms with Gasteiger partial charge in [-0.2, -0.15) is 0 Å². The van der Waals surface area contributed by atoms with E-state index in [1.54, 1.807) is 13.3 Å². The first-order chi connectivity index (χ1) is 19.0. The average molecular weight is 541 g/mol. The van der Waals surface area contributed by atoms with E-state index in [0.717, 1.165) is 22.8 Å². The third-order valence-electron chi connectivity index (χ3n) is 6.89. The number of para-hydroxylation sites is 2. The van der Waals surface area contributed by atoms with Crippen molar-refractivity contribution in [3.05, 3.63) is 103 Å². The Morgan fingerprint density at radius 2 is 1.82 bits per heavy atom. The molecule has 1 fully saturated rings. The molecule has 9 heteroatoms. The fourth-order valence-electron chi connectivity index (χ4n) is 4.93. The number of benzene rings is 2. The van der Waals surface area contributed by atoms with E-state index in [-0.39, 0.29) is 24.4 Å². The highest BCUT2D eigenvalue weighted by atomic mass is 32.1. The van der Waals surface area contributed by atoms with Crippen molar-refractivity contribution in [3.63, 3.8) is 0 Å². The van der Waals surface area contributed by atoms with Gasteiger partial charge in [-0.1, -0.05) is 18.2 Å². The maximum Gasteiger partial charge on any atom is 0.226 e. The lowest BCUT2D eigenvalue weighted by Gasteiger charge is -2.29. The van der Waals surface area contributed by atoms with E-state index in [2.05, 4.69) is 66.5 Å². The van der Waals surface area contributed by atoms with Gasteiger partial charge in [-0.05, 0) is 72.9 Å². The van der Waals surface area contributed by atoms with Gasteiger partial charge < -0.3 is 29.7 Å². The Bertz CT molecular complexity index is 1440. The molecule has 2 aromatic carbocycles. The first-order valence-electron chi connectivity index (χ1n) is 12.8. The van der Waals surface area contributed by atoms with Crippen LogP contribution in [-0.2, 0) is 4.79 Å². The monoisotopic (exact) mass is 540 g/mol. The highest BCUT2D eigenvalue weighted by Gasteiger charge is 2.41. The van der Waals surface area contributed by atoms with Gasteiger partial charge in [-0.3, -0.25) is 9.78 Å². The zero-order valence-electron chi connectivity index (χ0n) is 22.2. The fourth-order valence-corrected chi connectivity index (χ4v) is 5.26. The van der Waals surface area contributed by atoms with Gasteiger partial charge in [0.05, 0.1) is 30.6 Å². The molecule has 0 saturated carbocycles. The van der Waals surface area contributed by atoms with Crippen molar-refractivity contribution >= 4 is 34.6 Å². The highest BCUT2D eigenvalue weighted by molar-refractivity contribution is 7.80. The number of ether oxygens (including phenoxy) is 1. The number of aromatic nitrogens is 2. The number of hydrogen-bond donors (Lipinski definition) is 2. The van der Waals surface area contributed by atoms with E-state index in [1.807, 2.05) is 62.6 Å². The van der Waals surface area contributed by atoms with Crippen LogP contribution in [-0.4, -0.2) is 53.2 Å². The molecule has 0 spiro atoms. The number of nitrogens with one attached hydrogen (secondary N) is 2. The van der Waals surface area contributed by atoms with Crippen LogP contribution >= 0.6 is 12.2 Å². The molecule has 2 aromatic heterocycles. The largest absolute Gasteiger partial charge is 0.495 e. The minimum Gasteiger partial charge on any atom is -0.495 e. The van der Waals surface area contributed by atoms with Crippen LogP contribution in [0.25, 0.3) is 5.69 Å². The van der Waals surface area contributed by atoms with Crippen LogP contribution in [0.1, 0.15) is 29.9 Å². The zero-order valence-corrected chi connectivity index (χ0v) is 23.1. The predicted molar refractivity (Wildman–Crippen MR) is 158 cm³/mol. The minimum absolute atomic E-state index is 0.114. The number of carbonyl (C=O) groups is 1. The van der Waals surface area contributed by atoms with Gasteiger partial charge in [0.1, 0.15) is 5.75 Å². The van der Waals surface area contributed by atoms with Crippen molar-refractivity contribution in [1.82, 2.24) is 19.8 Å². The van der Waals surface area contributed by atoms with E-state index in [4.69, 9.17) is 17.0 Å². The van der Waals surface area contributed by atoms with Crippen molar-refractivity contribution in [2.75, 3.05) is 38.0 Å². The molecule has 0 radical (unpaired) electrons. The molecule has 5 rings (SSSR count). The van der Waals surface area contributed by atoms with Crippen LogP contribution in [0.15, 0.2) is 91.3 Å². The van der Waals surface area contributed by atoms with Gasteiger partial charge in [0.2, 0.25) is 5.91 Å². The van der Waals surface area contributed by atoms with Crippen molar-refractivity contribution in [3.8, 4) is 11.4 Å². The molecule has 200 valence electrons. The van der Waals surface area contributed by atoms with Crippen LogP contribution in [0, 0.1) is 0 Å². The van der Waals surface area contributed by atoms with Crippen molar-refractivity contribution in [2.24, 2.45) is 0 Å². The van der Waals surface area contributed by atoms with Crippen molar-refractivity contribution in [2.45, 2.75) is 18.5 Å². The highest BCUT2D eigenvalue weighted by Crippen LogP contribution is 2.39. The second-order valence-electron chi connectivity index (χ2n) is 9.53. The molecule has 3 heterocycles. The predicted octanol–water partition coefficient (Wildman–Crippen LogP) is 4.95. The smallest absolute Gasteiger partial charge is 0.226 e. The number of pyridine rings is 1. The molecule has 1 amide bonds. The van der Waals surface area contributed by atoms with Gasteiger partial charge in [-0.25, -0.2) is 0 Å². The number of thiocarbonyl (C=S) groups is 1. The lowest BCUT2D eigenvalue weighted by atomic mass is 10.0. The van der Waals surface area contributed by atoms with Gasteiger partial charge >= 0.3 is 0 Å². The fraction of sp³-hybridized carbons (Fsp3) is 0.233. The Labute approximate surface area is 234 Å². The molecule has 8 nitrogen and oxygen atoms in total. The van der Waals surface area contributed by atoms with Crippen LogP contribution < -0.4 is 20.3 Å². The Kier molecular flexibility index (Phi) is 7.79. The summed E-state index contributed by atoms with van der Waals surface area (Å²) in [6, 6.07) is 25.5. The summed E-state index contributed by atoms with van der Waals surface area (Å²) in [5.41, 5.74) is 4.77. The summed E-state index contributed by atoms with van der Waals surface area (Å²) < 4.78 is 7.56. The molecule has 1 saturated heterocycles. The Morgan fingerprint density at radius 3 is 2.54 bits per heavy atom. The number of methoxy groups -OCH3 is 1. The second kappa shape index (κ2) is 11.6. The molecule has 0 aliphatic carbocycles. The molecule has 1 aliphatic rings. The molecule has 0 unspecified atom stereocenters. The first-order valence-corrected chi connectivity index (χ1v) is 13.2. The summed E-state index contributed by atoms with van der Waals surface area (Å²) in [7, 11) is 5.64. The van der Waals surface area contributed by atoms with Crippen LogP contribution in [0.5, 0.6) is 5.75 Å². The zero-order chi connectivity index (χ0) is 27.4. The topological polar surface area (TPSA) is 74.7 Å². The van der Waals surface area contributed by atoms with Crippen molar-refractivity contribution in [1.29, 1.82) is 0 Å². The Morgan fingerprint density at radius 1 is 1.05 bits per heavy atom. The van der Waals surface area contributed by atoms with E-state index in [1.165, 1.54) is 0 Å². The van der Waals surface area contributed by atoms with Gasteiger partial charge in [0.15, 0.2) is 5.11 Å². The SMILES string of the molecule is COc1ccccc1NC(=O)CCN1C(=S)N[C@H](c2ccccn2)[C@H]1c1cccn1-c1ccc(N(C)C)cc1. The number of amides is 1. The summed E-state index contributed by atoms with van der Waals surface area (Å²) in [4.78, 5) is 21.8. The van der Waals surface area contributed by atoms with Crippen LogP contribution in [0.4, 0.5) is 11.4 Å². The van der Waals surface area contributed by atoms with E-state index >= 15 is 0 Å². The Hall–Kier alpha value is -4.37. The summed E-state index contributed by atoms with van der Waals surface area (Å²) in [6.45, 7) is 0.436. The quantitative estimate of drug-likeness (QED) is 0.291. The maximum absolute atomic E-state index is 13.0. The summed E-state index contributed by atoms with van der Waals surface area (Å²) in [5, 5.41) is 7.04. The summed E-state index contributed by atoms with van der Waals surface area (Å²) in [5.74, 6) is 0.507. The number of nitrogens with zero attached hydrogens (tertiary/aromatic N) is 4. The van der Waals surface area contributed by atoms with Gasteiger partial charge in [0, 0.05) is 56.5 Å². The normalized spacial score (nSPS) is 16.6. The average Bonchev–Trinajstić information content (AvgIpc) is 3.57. The number of anilines is 2. The third-order valence-corrected chi connectivity index (χ3v) is 7.24. The molecular weight excluding hydrogens is 508 g/mol. The van der Waals surface area contributed by atoms with E-state index in [9.17, 15) is 4.79 Å². The van der Waals surface area contributed by atoms with Crippen molar-refractivity contribution < 1.29 is 9.53 Å². The standard InChI is InChI=1S/C30H32N6O2S/c1-34(2)21-13-15-22(16-14-21)35-19-8-11-25(35)29-28(24-10-6-7-18-31-24)33-30(39)36(29)20-17-27(37)32-23-9-4-5-12-26(23)38-3/h4-16,18-19,28-29H,17,20H2,1-3H3,(H,32,37)(H,33,39)/t28-,29-/m1/s1. The third kappa shape index (κ3) is 5.58. The Balaban J connectivity index is 1.43. The van der Waals surface area contributed by atoms with E-state index < -0.39 is 0 Å². The maximum atomic E-state index is 13.0. The van der Waals surface area contributed by atoms with E-state index in [0.29, 0.717) is 23.1 Å². The minimum atomic E-state index is -0.175. The molecular formula is C30H32N6O2S. The molecule has 39 heavy (non-hydrogen) atoms. The lowest BCUT2D eigenvalue weighted by molar-refractivity contribution is -0.116. The number of rotatable bonds is 9. The van der Waals surface area contributed by atoms with Gasteiger partial charge in [-0.15, -0.1) is 0 Å². The van der Waals surface area contributed by atoms with Crippen LogP contribution in [0.2, 0.25) is 0 Å². The number of carbonyl (C=O) groups excluding carboxylic acids is 1. The molecule has 4 aromatic rings. The lowest BCUT2D eigenvalue weighted by Crippen LogP contribution is -2.33. The first kappa shape index (κ1) is 26.2.